The number of ether oxygens (including phenoxy) is 1. The van der Waals surface area contributed by atoms with Gasteiger partial charge >= 0.3 is 5.97 Å². The number of nitrogens with zero attached hydrogens (tertiary/aromatic N) is 1. The molecule has 1 heterocycles. The van der Waals surface area contributed by atoms with Gasteiger partial charge in [0.1, 0.15) is 5.75 Å². The monoisotopic (exact) mass is 357 g/mol. The number of halogens is 1. The molecule has 0 bridgehead atoms. The summed E-state index contributed by atoms with van der Waals surface area (Å²) in [5.74, 6) is -1.05. The van der Waals surface area contributed by atoms with Crippen LogP contribution in [0.3, 0.4) is 0 Å². The molecule has 2 rings (SSSR count). The highest BCUT2D eigenvalue weighted by molar-refractivity contribution is 9.10. The van der Waals surface area contributed by atoms with E-state index in [1.54, 1.807) is 12.1 Å². The summed E-state index contributed by atoms with van der Waals surface area (Å²) >= 11 is 3.19. The average Bonchev–Trinajstić information content (AvgIpc) is 2.48. The minimum atomic E-state index is -1.14. The lowest BCUT2D eigenvalue weighted by molar-refractivity contribution is -0.162. The second-order valence-electron chi connectivity index (χ2n) is 4.71. The van der Waals surface area contributed by atoms with Gasteiger partial charge in [0.05, 0.1) is 11.1 Å². The number of aromatic hydroxyl groups is 1. The van der Waals surface area contributed by atoms with Crippen LogP contribution in [0.4, 0.5) is 0 Å². The van der Waals surface area contributed by atoms with Crippen molar-refractivity contribution < 1.29 is 24.6 Å². The van der Waals surface area contributed by atoms with Crippen LogP contribution in [0, 0.1) is 0 Å². The smallest absolute Gasteiger partial charge is 0.354 e. The van der Waals surface area contributed by atoms with Gasteiger partial charge in [0.15, 0.2) is 5.71 Å². The van der Waals surface area contributed by atoms with Crippen molar-refractivity contribution in [3.8, 4) is 5.75 Å². The summed E-state index contributed by atoms with van der Waals surface area (Å²) in [6, 6.07) is 4.77. The Hall–Kier alpha value is -1.60. The third kappa shape index (κ3) is 4.71. The first-order valence-electron chi connectivity index (χ1n) is 6.61. The Labute approximate surface area is 130 Å². The summed E-state index contributed by atoms with van der Waals surface area (Å²) in [6.45, 7) is 0.605. The van der Waals surface area contributed by atoms with E-state index in [4.69, 9.17) is 9.57 Å². The van der Waals surface area contributed by atoms with Crippen LogP contribution in [0.1, 0.15) is 24.8 Å². The summed E-state index contributed by atoms with van der Waals surface area (Å²) in [7, 11) is 0. The summed E-state index contributed by atoms with van der Waals surface area (Å²) in [5.41, 5.74) is 0.593. The van der Waals surface area contributed by atoms with E-state index < -0.39 is 12.3 Å². The third-order valence-electron chi connectivity index (χ3n) is 3.05. The maximum Gasteiger partial charge on any atom is 0.354 e. The van der Waals surface area contributed by atoms with Gasteiger partial charge < -0.3 is 19.8 Å². The van der Waals surface area contributed by atoms with Gasteiger partial charge in [-0.1, -0.05) is 11.2 Å². The molecule has 0 aromatic heterocycles. The molecule has 21 heavy (non-hydrogen) atoms. The van der Waals surface area contributed by atoms with E-state index in [1.807, 2.05) is 0 Å². The first-order chi connectivity index (χ1) is 10.1. The van der Waals surface area contributed by atoms with Crippen molar-refractivity contribution in [2.75, 3.05) is 6.61 Å². The van der Waals surface area contributed by atoms with Crippen molar-refractivity contribution in [1.29, 1.82) is 0 Å². The highest BCUT2D eigenvalue weighted by Gasteiger charge is 2.17. The molecular formula is C14H16BrNO5. The largest absolute Gasteiger partial charge is 0.507 e. The van der Waals surface area contributed by atoms with Crippen molar-refractivity contribution in [3.05, 3.63) is 28.2 Å². The van der Waals surface area contributed by atoms with E-state index in [0.717, 1.165) is 12.8 Å². The summed E-state index contributed by atoms with van der Waals surface area (Å²) in [6.07, 6.45) is 2.30. The topological polar surface area (TPSA) is 88.4 Å². The zero-order valence-corrected chi connectivity index (χ0v) is 12.9. The molecule has 0 amide bonds. The molecule has 1 aromatic carbocycles. The minimum Gasteiger partial charge on any atom is -0.507 e. The molecule has 0 radical (unpaired) electrons. The SMILES string of the molecule is O=C(O)/C(Cc1ccc(O)c(Br)c1)=N/OC1CCCCO1. The molecule has 2 N–H and O–H groups in total. The van der Waals surface area contributed by atoms with Crippen molar-refractivity contribution >= 4 is 27.6 Å². The molecule has 6 nitrogen and oxygen atoms in total. The summed E-state index contributed by atoms with van der Waals surface area (Å²) in [5, 5.41) is 22.3. The molecule has 1 unspecified atom stereocenters. The van der Waals surface area contributed by atoms with Crippen molar-refractivity contribution in [2.45, 2.75) is 32.0 Å². The molecule has 0 spiro atoms. The number of carbonyl (C=O) groups is 1. The number of oxime groups is 1. The Bertz CT molecular complexity index is 540. The van der Waals surface area contributed by atoms with Crippen molar-refractivity contribution in [2.24, 2.45) is 5.16 Å². The fourth-order valence-corrected chi connectivity index (χ4v) is 2.34. The molecular weight excluding hydrogens is 342 g/mol. The standard InChI is InChI=1S/C14H16BrNO5/c15-10-7-9(4-5-12(10)17)8-11(14(18)19)16-21-13-3-1-2-6-20-13/h4-5,7,13,17H,1-3,6,8H2,(H,18,19)/b16-11+. The molecule has 1 atom stereocenters. The predicted molar refractivity (Wildman–Crippen MR) is 79.3 cm³/mol. The number of phenols is 1. The van der Waals surface area contributed by atoms with Crippen LogP contribution in [0.2, 0.25) is 0 Å². The Kier molecular flexibility index (Phi) is 5.58. The quantitative estimate of drug-likeness (QED) is 0.624. The van der Waals surface area contributed by atoms with Crippen LogP contribution in [0.15, 0.2) is 27.8 Å². The van der Waals surface area contributed by atoms with E-state index in [0.29, 0.717) is 23.1 Å². The van der Waals surface area contributed by atoms with Crippen LogP contribution in [-0.2, 0) is 20.8 Å². The Balaban J connectivity index is 2.03. The van der Waals surface area contributed by atoms with Crippen LogP contribution in [0.25, 0.3) is 0 Å². The number of phenolic OH excluding ortho intramolecular Hbond substituents is 1. The number of hydrogen-bond donors (Lipinski definition) is 2. The average molecular weight is 358 g/mol. The Morgan fingerprint density at radius 2 is 2.29 bits per heavy atom. The van der Waals surface area contributed by atoms with E-state index in [1.165, 1.54) is 6.07 Å². The minimum absolute atomic E-state index is 0.0967. The highest BCUT2D eigenvalue weighted by Crippen LogP contribution is 2.24. The van der Waals surface area contributed by atoms with E-state index in [9.17, 15) is 15.0 Å². The number of carboxylic acid groups (broad SMARTS) is 1. The Morgan fingerprint density at radius 3 is 2.90 bits per heavy atom. The molecule has 114 valence electrons. The second kappa shape index (κ2) is 7.42. The number of aliphatic carboxylic acids is 1. The zero-order chi connectivity index (χ0) is 15.2. The molecule has 1 saturated heterocycles. The fourth-order valence-electron chi connectivity index (χ4n) is 1.92. The van der Waals surface area contributed by atoms with Gasteiger partial charge in [0.2, 0.25) is 6.29 Å². The maximum absolute atomic E-state index is 11.2. The molecule has 1 aromatic rings. The van der Waals surface area contributed by atoms with E-state index >= 15 is 0 Å². The molecule has 0 saturated carbocycles. The lowest BCUT2D eigenvalue weighted by Crippen LogP contribution is -2.23. The summed E-state index contributed by atoms with van der Waals surface area (Å²) < 4.78 is 5.83. The number of hydrogen-bond acceptors (Lipinski definition) is 5. The van der Waals surface area contributed by atoms with Gasteiger partial charge in [-0.25, -0.2) is 4.79 Å². The normalized spacial score (nSPS) is 19.3. The summed E-state index contributed by atoms with van der Waals surface area (Å²) in [4.78, 5) is 16.4. The molecule has 1 fully saturated rings. The molecule has 0 aliphatic carbocycles. The van der Waals surface area contributed by atoms with Gasteiger partial charge in [0, 0.05) is 12.8 Å². The molecule has 7 heteroatoms. The third-order valence-corrected chi connectivity index (χ3v) is 3.68. The second-order valence-corrected chi connectivity index (χ2v) is 5.56. The lowest BCUT2D eigenvalue weighted by Gasteiger charge is -2.20. The molecule has 1 aliphatic heterocycles. The number of benzene rings is 1. The maximum atomic E-state index is 11.2. The van der Waals surface area contributed by atoms with Crippen molar-refractivity contribution in [3.63, 3.8) is 0 Å². The number of carboxylic acids is 1. The van der Waals surface area contributed by atoms with Crippen LogP contribution in [0.5, 0.6) is 5.75 Å². The molecule has 1 aliphatic rings. The Morgan fingerprint density at radius 1 is 1.48 bits per heavy atom. The first-order valence-corrected chi connectivity index (χ1v) is 7.40. The van der Waals surface area contributed by atoms with Gasteiger partial charge in [0.25, 0.3) is 0 Å². The van der Waals surface area contributed by atoms with Crippen LogP contribution < -0.4 is 0 Å². The zero-order valence-electron chi connectivity index (χ0n) is 11.3. The van der Waals surface area contributed by atoms with E-state index in [2.05, 4.69) is 21.1 Å². The van der Waals surface area contributed by atoms with Gasteiger partial charge in [-0.05, 0) is 46.5 Å². The lowest BCUT2D eigenvalue weighted by atomic mass is 10.1. The van der Waals surface area contributed by atoms with Gasteiger partial charge in [-0.2, -0.15) is 0 Å². The van der Waals surface area contributed by atoms with Gasteiger partial charge in [-0.15, -0.1) is 0 Å². The van der Waals surface area contributed by atoms with Gasteiger partial charge in [-0.3, -0.25) is 0 Å². The van der Waals surface area contributed by atoms with Crippen molar-refractivity contribution in [1.82, 2.24) is 0 Å². The predicted octanol–water partition coefficient (Wildman–Crippen LogP) is 2.68. The van der Waals surface area contributed by atoms with Crippen LogP contribution >= 0.6 is 15.9 Å². The number of rotatable bonds is 5. The fraction of sp³-hybridized carbons (Fsp3) is 0.429. The van der Waals surface area contributed by atoms with E-state index in [-0.39, 0.29) is 17.9 Å². The first kappa shape index (κ1) is 15.8. The van der Waals surface area contributed by atoms with Crippen LogP contribution in [-0.4, -0.2) is 34.8 Å². The highest BCUT2D eigenvalue weighted by atomic mass is 79.9.